The van der Waals surface area contributed by atoms with E-state index in [0.29, 0.717) is 18.8 Å². The van der Waals surface area contributed by atoms with E-state index in [4.69, 9.17) is 5.73 Å². The number of halogens is 2. The summed E-state index contributed by atoms with van der Waals surface area (Å²) in [5.41, 5.74) is 8.38. The van der Waals surface area contributed by atoms with Crippen LogP contribution in [-0.4, -0.2) is 47.8 Å². The Labute approximate surface area is 174 Å². The third kappa shape index (κ3) is 4.13. The van der Waals surface area contributed by atoms with E-state index < -0.39 is 6.10 Å². The molecule has 29 heavy (non-hydrogen) atoms. The number of aliphatic hydroxyl groups is 1. The molecule has 154 valence electrons. The van der Waals surface area contributed by atoms with Crippen LogP contribution in [0.1, 0.15) is 10.5 Å². The van der Waals surface area contributed by atoms with Crippen LogP contribution in [0.4, 0.5) is 4.39 Å². The quantitative estimate of drug-likeness (QED) is 0.437. The van der Waals surface area contributed by atoms with E-state index in [9.17, 15) is 14.3 Å². The first-order chi connectivity index (χ1) is 13.6. The number of hydrogen-bond donors (Lipinski definition) is 5. The van der Waals surface area contributed by atoms with E-state index in [1.807, 2.05) is 24.3 Å². The molecule has 4 rings (SSSR count). The van der Waals surface area contributed by atoms with Gasteiger partial charge in [0.05, 0.1) is 12.1 Å². The maximum Gasteiger partial charge on any atom is 0.268 e. The molecule has 0 spiro atoms. The number of benzene rings is 2. The first kappa shape index (κ1) is 21.3. The maximum atomic E-state index is 13.4. The summed E-state index contributed by atoms with van der Waals surface area (Å²) in [5, 5.41) is 17.2. The van der Waals surface area contributed by atoms with E-state index in [-0.39, 0.29) is 42.6 Å². The lowest BCUT2D eigenvalue weighted by atomic mass is 10.0. The summed E-state index contributed by atoms with van der Waals surface area (Å²) in [7, 11) is 0. The molecule has 0 aliphatic carbocycles. The Morgan fingerprint density at radius 1 is 1.21 bits per heavy atom. The minimum atomic E-state index is -0.593. The Kier molecular flexibility index (Phi) is 6.54. The van der Waals surface area contributed by atoms with Crippen LogP contribution < -0.4 is 16.4 Å². The molecule has 1 saturated heterocycles. The molecule has 2 heterocycles. The Bertz CT molecular complexity index is 992. The highest BCUT2D eigenvalue weighted by atomic mass is 35.5. The number of fused-ring (bicyclic) bond motifs is 1. The van der Waals surface area contributed by atoms with Crippen LogP contribution in [0, 0.1) is 11.7 Å². The van der Waals surface area contributed by atoms with Gasteiger partial charge in [-0.1, -0.05) is 30.3 Å². The third-order valence-corrected chi connectivity index (χ3v) is 5.39. The van der Waals surface area contributed by atoms with Crippen molar-refractivity contribution in [3.05, 3.63) is 60.0 Å². The van der Waals surface area contributed by atoms with Crippen LogP contribution in [0.25, 0.3) is 22.0 Å². The van der Waals surface area contributed by atoms with Gasteiger partial charge < -0.3 is 26.5 Å². The van der Waals surface area contributed by atoms with Crippen molar-refractivity contribution in [1.82, 2.24) is 15.6 Å². The second-order valence-corrected chi connectivity index (χ2v) is 7.14. The van der Waals surface area contributed by atoms with Gasteiger partial charge in [-0.2, -0.15) is 0 Å². The Hall–Kier alpha value is -2.45. The molecule has 6 N–H and O–H groups in total. The average Bonchev–Trinajstić information content (AvgIpc) is 3.27. The van der Waals surface area contributed by atoms with Crippen LogP contribution in [0.2, 0.25) is 0 Å². The normalized spacial score (nSPS) is 21.1. The number of rotatable bonds is 5. The summed E-state index contributed by atoms with van der Waals surface area (Å²) in [6.45, 7) is 1.31. The molecular formula is C21H24ClFN4O2. The first-order valence-corrected chi connectivity index (χ1v) is 9.35. The number of carbonyl (C=O) groups is 1. The van der Waals surface area contributed by atoms with Crippen molar-refractivity contribution in [1.29, 1.82) is 0 Å². The predicted octanol–water partition coefficient (Wildman–Crippen LogP) is 2.03. The molecule has 1 amide bonds. The number of aliphatic hydroxyl groups excluding tert-OH is 1. The molecule has 0 unspecified atom stereocenters. The lowest BCUT2D eigenvalue weighted by Gasteiger charge is -2.18. The van der Waals surface area contributed by atoms with E-state index in [1.54, 1.807) is 12.1 Å². The zero-order valence-electron chi connectivity index (χ0n) is 15.7. The number of aromatic amines is 1. The minimum absolute atomic E-state index is 0. The molecule has 2 aromatic carbocycles. The first-order valence-electron chi connectivity index (χ1n) is 9.35. The van der Waals surface area contributed by atoms with Crippen molar-refractivity contribution in [3.63, 3.8) is 0 Å². The second kappa shape index (κ2) is 8.92. The summed E-state index contributed by atoms with van der Waals surface area (Å²) in [5.74, 6) is -0.615. The minimum Gasteiger partial charge on any atom is -0.391 e. The standard InChI is InChI=1S/C21H23FN4O2.ClH/c22-14-7-5-12(6-8-14)18-15-3-1-2-4-16(15)26-19(18)21(28)25-11-17-20(27)13(9-23)10-24-17;/h1-8,13,17,20,24,26-27H,9-11,23H2,(H,25,28);1H/t13-,17+,20+;/m0./s1. The number of amides is 1. The van der Waals surface area contributed by atoms with Crippen molar-refractivity contribution in [2.24, 2.45) is 11.7 Å². The van der Waals surface area contributed by atoms with Gasteiger partial charge in [-0.15, -0.1) is 12.4 Å². The number of nitrogens with one attached hydrogen (secondary N) is 3. The van der Waals surface area contributed by atoms with Crippen molar-refractivity contribution >= 4 is 29.2 Å². The Morgan fingerprint density at radius 2 is 1.93 bits per heavy atom. The molecule has 0 bridgehead atoms. The number of para-hydroxylation sites is 1. The molecule has 0 saturated carbocycles. The van der Waals surface area contributed by atoms with Gasteiger partial charge in [-0.05, 0) is 30.3 Å². The molecule has 1 aliphatic rings. The summed E-state index contributed by atoms with van der Waals surface area (Å²) < 4.78 is 13.4. The zero-order chi connectivity index (χ0) is 19.7. The van der Waals surface area contributed by atoms with Crippen molar-refractivity contribution < 1.29 is 14.3 Å². The van der Waals surface area contributed by atoms with Crippen LogP contribution >= 0.6 is 12.4 Å². The maximum absolute atomic E-state index is 13.4. The highest BCUT2D eigenvalue weighted by Gasteiger charge is 2.33. The fourth-order valence-corrected chi connectivity index (χ4v) is 3.81. The van der Waals surface area contributed by atoms with Crippen LogP contribution in [0.15, 0.2) is 48.5 Å². The second-order valence-electron chi connectivity index (χ2n) is 7.14. The number of aromatic nitrogens is 1. The summed E-state index contributed by atoms with van der Waals surface area (Å²) in [4.78, 5) is 16.1. The third-order valence-electron chi connectivity index (χ3n) is 5.39. The molecule has 1 fully saturated rings. The largest absolute Gasteiger partial charge is 0.391 e. The average molecular weight is 419 g/mol. The summed E-state index contributed by atoms with van der Waals surface area (Å²) in [6, 6.07) is 13.5. The van der Waals surface area contributed by atoms with Crippen molar-refractivity contribution in [3.8, 4) is 11.1 Å². The van der Waals surface area contributed by atoms with Crippen molar-refractivity contribution in [2.45, 2.75) is 12.1 Å². The van der Waals surface area contributed by atoms with Gasteiger partial charge in [0.15, 0.2) is 0 Å². The van der Waals surface area contributed by atoms with Crippen molar-refractivity contribution in [2.75, 3.05) is 19.6 Å². The molecule has 0 radical (unpaired) electrons. The lowest BCUT2D eigenvalue weighted by molar-refractivity contribution is 0.0916. The highest BCUT2D eigenvalue weighted by Crippen LogP contribution is 2.32. The van der Waals surface area contributed by atoms with Gasteiger partial charge in [0, 0.05) is 35.5 Å². The molecule has 3 aromatic rings. The van der Waals surface area contributed by atoms with Gasteiger partial charge >= 0.3 is 0 Å². The Balaban J connectivity index is 0.00000240. The number of hydrogen-bond acceptors (Lipinski definition) is 4. The molecule has 1 aromatic heterocycles. The van der Waals surface area contributed by atoms with Crippen LogP contribution in [0.3, 0.4) is 0 Å². The fourth-order valence-electron chi connectivity index (χ4n) is 3.81. The summed E-state index contributed by atoms with van der Waals surface area (Å²) in [6.07, 6.45) is -0.593. The number of H-pyrrole nitrogens is 1. The van der Waals surface area contributed by atoms with E-state index in [1.165, 1.54) is 12.1 Å². The molecule has 1 aliphatic heterocycles. The van der Waals surface area contributed by atoms with Gasteiger partial charge in [-0.25, -0.2) is 4.39 Å². The monoisotopic (exact) mass is 418 g/mol. The van der Waals surface area contributed by atoms with Gasteiger partial charge in [-0.3, -0.25) is 4.79 Å². The Morgan fingerprint density at radius 3 is 2.62 bits per heavy atom. The van der Waals surface area contributed by atoms with Crippen LogP contribution in [-0.2, 0) is 0 Å². The molecule has 3 atom stereocenters. The van der Waals surface area contributed by atoms with E-state index >= 15 is 0 Å². The summed E-state index contributed by atoms with van der Waals surface area (Å²) >= 11 is 0. The van der Waals surface area contributed by atoms with Gasteiger partial charge in [0.25, 0.3) is 5.91 Å². The number of carbonyl (C=O) groups excluding carboxylic acids is 1. The lowest BCUT2D eigenvalue weighted by Crippen LogP contribution is -2.43. The van der Waals surface area contributed by atoms with Gasteiger partial charge in [0.1, 0.15) is 11.5 Å². The molecule has 8 heteroatoms. The highest BCUT2D eigenvalue weighted by molar-refractivity contribution is 6.09. The fraction of sp³-hybridized carbons (Fsp3) is 0.286. The predicted molar refractivity (Wildman–Crippen MR) is 114 cm³/mol. The van der Waals surface area contributed by atoms with Crippen LogP contribution in [0.5, 0.6) is 0 Å². The van der Waals surface area contributed by atoms with E-state index in [0.717, 1.165) is 22.0 Å². The number of nitrogens with two attached hydrogens (primary N) is 1. The SMILES string of the molecule is Cl.NC[C@H]1CN[C@H](CNC(=O)c2[nH]c3ccccc3c2-c2ccc(F)cc2)[C@@H]1O. The van der Waals surface area contributed by atoms with E-state index in [2.05, 4.69) is 15.6 Å². The molecule has 6 nitrogen and oxygen atoms in total. The smallest absolute Gasteiger partial charge is 0.268 e. The van der Waals surface area contributed by atoms with Gasteiger partial charge in [0.2, 0.25) is 0 Å². The molecular weight excluding hydrogens is 395 g/mol. The zero-order valence-corrected chi connectivity index (χ0v) is 16.5. The topological polar surface area (TPSA) is 103 Å².